The molecule has 37 heavy (non-hydrogen) atoms. The lowest BCUT2D eigenvalue weighted by Crippen LogP contribution is -2.38. The minimum atomic E-state index is -0.897. The number of nitrogens with zero attached hydrogens (tertiary/aromatic N) is 1. The molecule has 0 bridgehead atoms. The number of ether oxygens (including phenoxy) is 1. The molecule has 1 amide bonds. The zero-order valence-corrected chi connectivity index (χ0v) is 21.1. The van der Waals surface area contributed by atoms with E-state index in [-0.39, 0.29) is 18.5 Å². The summed E-state index contributed by atoms with van der Waals surface area (Å²) < 4.78 is 12.5. The van der Waals surface area contributed by atoms with Gasteiger partial charge in [-0.15, -0.1) is 11.3 Å². The van der Waals surface area contributed by atoms with Gasteiger partial charge in [0.2, 0.25) is 5.91 Å². The second kappa shape index (κ2) is 9.53. The Morgan fingerprint density at radius 3 is 2.68 bits per heavy atom. The molecule has 7 nitrogen and oxygen atoms in total. The van der Waals surface area contributed by atoms with E-state index in [1.807, 2.05) is 60.7 Å². The van der Waals surface area contributed by atoms with Crippen molar-refractivity contribution < 1.29 is 23.8 Å². The number of rotatable bonds is 7. The zero-order valence-electron chi connectivity index (χ0n) is 20.3. The van der Waals surface area contributed by atoms with Gasteiger partial charge in [0.15, 0.2) is 0 Å². The summed E-state index contributed by atoms with van der Waals surface area (Å²) in [4.78, 5) is 27.6. The summed E-state index contributed by atoms with van der Waals surface area (Å²) in [7, 11) is 1.58. The van der Waals surface area contributed by atoms with Crippen molar-refractivity contribution in [2.45, 2.75) is 25.3 Å². The number of fused-ring (bicyclic) bond motifs is 4. The topological polar surface area (TPSA) is 92.0 Å². The van der Waals surface area contributed by atoms with E-state index in [0.29, 0.717) is 28.3 Å². The maximum Gasteiger partial charge on any atom is 0.346 e. The second-order valence-electron chi connectivity index (χ2n) is 9.38. The number of para-hydroxylation sites is 1. The summed E-state index contributed by atoms with van der Waals surface area (Å²) in [6, 6.07) is 19.4. The highest BCUT2D eigenvalue weighted by Crippen LogP contribution is 2.37. The van der Waals surface area contributed by atoms with Gasteiger partial charge in [-0.25, -0.2) is 4.79 Å². The first kappa shape index (κ1) is 23.5. The van der Waals surface area contributed by atoms with Crippen molar-refractivity contribution in [2.24, 2.45) is 0 Å². The summed E-state index contributed by atoms with van der Waals surface area (Å²) in [5, 5.41) is 15.7. The van der Waals surface area contributed by atoms with Crippen LogP contribution in [0.5, 0.6) is 5.75 Å². The van der Waals surface area contributed by atoms with Crippen LogP contribution in [0.15, 0.2) is 65.1 Å². The Balaban J connectivity index is 1.22. The molecule has 5 aromatic rings. The fourth-order valence-electron chi connectivity index (χ4n) is 5.44. The number of benzene rings is 3. The van der Waals surface area contributed by atoms with E-state index in [1.54, 1.807) is 7.11 Å². The van der Waals surface area contributed by atoms with E-state index < -0.39 is 5.97 Å². The largest absolute Gasteiger partial charge is 0.495 e. The fraction of sp³-hybridized carbons (Fsp3) is 0.241. The van der Waals surface area contributed by atoms with Crippen molar-refractivity contribution in [1.29, 1.82) is 0 Å². The molecule has 0 spiro atoms. The molecule has 1 aliphatic heterocycles. The zero-order chi connectivity index (χ0) is 25.5. The molecule has 0 radical (unpaired) electrons. The summed E-state index contributed by atoms with van der Waals surface area (Å²) in [6.45, 7) is 1.01. The highest BCUT2D eigenvalue weighted by Gasteiger charge is 2.29. The van der Waals surface area contributed by atoms with Gasteiger partial charge >= 0.3 is 5.97 Å². The Morgan fingerprint density at radius 1 is 1.08 bits per heavy atom. The van der Waals surface area contributed by atoms with Gasteiger partial charge in [-0.05, 0) is 55.0 Å². The van der Waals surface area contributed by atoms with Crippen LogP contribution in [-0.2, 0) is 11.2 Å². The molecular weight excluding hydrogens is 488 g/mol. The van der Waals surface area contributed by atoms with Crippen LogP contribution in [0.25, 0.3) is 32.0 Å². The van der Waals surface area contributed by atoms with Crippen molar-refractivity contribution in [1.82, 2.24) is 4.90 Å². The van der Waals surface area contributed by atoms with Crippen LogP contribution in [0.1, 0.15) is 28.1 Å². The number of carbonyl (C=O) groups is 2. The number of anilines is 1. The Hall–Kier alpha value is -3.88. The number of carbonyl (C=O) groups excluding carboxylic acids is 1. The first-order chi connectivity index (χ1) is 18.0. The number of likely N-dealkylation sites (tertiary alicyclic amines) is 1. The fourth-order valence-corrected chi connectivity index (χ4v) is 6.51. The van der Waals surface area contributed by atoms with Crippen LogP contribution >= 0.6 is 11.3 Å². The number of hydrogen-bond acceptors (Lipinski definition) is 6. The van der Waals surface area contributed by atoms with Gasteiger partial charge in [-0.3, -0.25) is 9.69 Å². The average Bonchev–Trinajstić information content (AvgIpc) is 3.59. The number of thiophene rings is 1. The minimum Gasteiger partial charge on any atom is -0.495 e. The Kier molecular flexibility index (Phi) is 6.06. The molecule has 0 aliphatic carbocycles. The lowest BCUT2D eigenvalue weighted by molar-refractivity contribution is -0.117. The molecule has 1 saturated heterocycles. The summed E-state index contributed by atoms with van der Waals surface area (Å²) in [5.41, 5.74) is 2.89. The Labute approximate surface area is 217 Å². The summed E-state index contributed by atoms with van der Waals surface area (Å²) in [5.74, 6) is -0.470. The molecular formula is C29H26N2O5S. The lowest BCUT2D eigenvalue weighted by Gasteiger charge is -2.24. The predicted octanol–water partition coefficient (Wildman–Crippen LogP) is 6.15. The maximum absolute atomic E-state index is 13.1. The van der Waals surface area contributed by atoms with Crippen molar-refractivity contribution in [3.63, 3.8) is 0 Å². The van der Waals surface area contributed by atoms with Gasteiger partial charge in [0.25, 0.3) is 0 Å². The van der Waals surface area contributed by atoms with Crippen LogP contribution in [0, 0.1) is 0 Å². The highest BCUT2D eigenvalue weighted by molar-refractivity contribution is 7.21. The SMILES string of the molecule is COc1cc2c(cc1NC(=O)CN1CCC[C@@H]1Cc1c(C(=O)O)sc3ccccc13)oc1ccccc12. The van der Waals surface area contributed by atoms with E-state index in [2.05, 4.69) is 10.2 Å². The molecule has 3 aromatic carbocycles. The van der Waals surface area contributed by atoms with E-state index in [0.717, 1.165) is 51.4 Å². The third kappa shape index (κ3) is 4.32. The summed E-state index contributed by atoms with van der Waals surface area (Å²) in [6.07, 6.45) is 2.49. The van der Waals surface area contributed by atoms with Gasteiger partial charge < -0.3 is 19.6 Å². The van der Waals surface area contributed by atoms with Gasteiger partial charge in [0.05, 0.1) is 19.3 Å². The normalized spacial score (nSPS) is 16.1. The molecule has 1 fully saturated rings. The quantitative estimate of drug-likeness (QED) is 0.271. The van der Waals surface area contributed by atoms with Crippen molar-refractivity contribution >= 4 is 60.9 Å². The molecule has 2 N–H and O–H groups in total. The summed E-state index contributed by atoms with van der Waals surface area (Å²) >= 11 is 1.32. The standard InChI is InChI=1S/C29H26N2O5S/c1-35-25-14-20-18-8-2-4-10-23(18)36-24(20)15-22(25)30-27(32)16-31-12-6-7-17(31)13-21-19-9-3-5-11-26(19)37-28(21)29(33)34/h2-5,8-11,14-15,17H,6-7,12-13,16H2,1H3,(H,30,32)(H,33,34)/t17-/m1/s1. The first-order valence-electron chi connectivity index (χ1n) is 12.3. The van der Waals surface area contributed by atoms with Crippen molar-refractivity contribution in [3.05, 3.63) is 71.1 Å². The number of hydrogen-bond donors (Lipinski definition) is 2. The molecule has 8 heteroatoms. The minimum absolute atomic E-state index is 0.0987. The van der Waals surface area contributed by atoms with Crippen LogP contribution in [0.2, 0.25) is 0 Å². The number of methoxy groups -OCH3 is 1. The average molecular weight is 515 g/mol. The molecule has 0 saturated carbocycles. The van der Waals surface area contributed by atoms with Crippen LogP contribution in [0.4, 0.5) is 5.69 Å². The number of aromatic carboxylic acids is 1. The number of carboxylic acids is 1. The van der Waals surface area contributed by atoms with E-state index in [9.17, 15) is 14.7 Å². The van der Waals surface area contributed by atoms with E-state index in [4.69, 9.17) is 9.15 Å². The molecule has 188 valence electrons. The number of carboxylic acid groups (broad SMARTS) is 1. The molecule has 1 atom stereocenters. The maximum atomic E-state index is 13.1. The molecule has 0 unspecified atom stereocenters. The van der Waals surface area contributed by atoms with Gasteiger partial charge in [0.1, 0.15) is 21.8 Å². The van der Waals surface area contributed by atoms with Gasteiger partial charge in [-0.1, -0.05) is 36.4 Å². The van der Waals surface area contributed by atoms with E-state index >= 15 is 0 Å². The van der Waals surface area contributed by atoms with Crippen LogP contribution in [0.3, 0.4) is 0 Å². The Bertz CT molecular complexity index is 1650. The first-order valence-corrected chi connectivity index (χ1v) is 13.1. The monoisotopic (exact) mass is 514 g/mol. The van der Waals surface area contributed by atoms with Crippen LogP contribution < -0.4 is 10.1 Å². The number of amides is 1. The number of nitrogens with one attached hydrogen (secondary N) is 1. The van der Waals surface area contributed by atoms with Gasteiger partial charge in [-0.2, -0.15) is 0 Å². The van der Waals surface area contributed by atoms with E-state index in [1.165, 1.54) is 11.3 Å². The smallest absolute Gasteiger partial charge is 0.346 e. The predicted molar refractivity (Wildman–Crippen MR) is 146 cm³/mol. The third-order valence-corrected chi connectivity index (χ3v) is 8.35. The molecule has 1 aliphatic rings. The third-order valence-electron chi connectivity index (χ3n) is 7.15. The number of furan rings is 1. The second-order valence-corrected chi connectivity index (χ2v) is 10.4. The Morgan fingerprint density at radius 2 is 1.86 bits per heavy atom. The molecule has 2 aromatic heterocycles. The molecule has 6 rings (SSSR count). The highest BCUT2D eigenvalue weighted by atomic mass is 32.1. The van der Waals surface area contributed by atoms with Crippen molar-refractivity contribution in [2.75, 3.05) is 25.5 Å². The van der Waals surface area contributed by atoms with Crippen LogP contribution in [-0.4, -0.2) is 48.1 Å². The lowest BCUT2D eigenvalue weighted by atomic mass is 10.0. The van der Waals surface area contributed by atoms with Crippen molar-refractivity contribution in [3.8, 4) is 5.75 Å². The van der Waals surface area contributed by atoms with Gasteiger partial charge in [0, 0.05) is 27.6 Å². The molecule has 3 heterocycles.